The van der Waals surface area contributed by atoms with Crippen molar-refractivity contribution in [2.45, 2.75) is 18.9 Å². The minimum absolute atomic E-state index is 0.222. The quantitative estimate of drug-likeness (QED) is 0.710. The number of nitriles is 1. The molecule has 0 aliphatic rings. The van der Waals surface area contributed by atoms with Gasteiger partial charge in [-0.3, -0.25) is 0 Å². The van der Waals surface area contributed by atoms with Crippen LogP contribution in [-0.4, -0.2) is 10.6 Å². The number of aromatic hydroxyl groups is 1. The molecule has 1 rings (SSSR count). The Morgan fingerprint density at radius 2 is 2.00 bits per heavy atom. The highest BCUT2D eigenvalue weighted by Crippen LogP contribution is 2.14. The van der Waals surface area contributed by atoms with Crippen molar-refractivity contribution >= 4 is 0 Å². The lowest BCUT2D eigenvalue weighted by atomic mass is 9.96. The number of phenolic OH excluding ortho intramolecular Hbond substituents is 1. The van der Waals surface area contributed by atoms with E-state index in [4.69, 9.17) is 16.1 Å². The average Bonchev–Trinajstić information content (AvgIpc) is 2.09. The second-order valence-corrected chi connectivity index (χ2v) is 3.37. The third-order valence-corrected chi connectivity index (χ3v) is 1.76. The summed E-state index contributed by atoms with van der Waals surface area (Å²) in [6.07, 6.45) is 0.490. The molecule has 1 aromatic rings. The Morgan fingerprint density at radius 1 is 1.46 bits per heavy atom. The molecule has 0 amide bonds. The van der Waals surface area contributed by atoms with Gasteiger partial charge in [0, 0.05) is 6.42 Å². The van der Waals surface area contributed by atoms with Crippen molar-refractivity contribution in [1.29, 1.82) is 5.26 Å². The third kappa shape index (κ3) is 2.77. The Hall–Kier alpha value is -1.53. The molecular weight excluding hydrogens is 164 g/mol. The molecule has 0 radical (unpaired) electrons. The van der Waals surface area contributed by atoms with Gasteiger partial charge in [0.15, 0.2) is 0 Å². The minimum atomic E-state index is -0.836. The number of hydrogen-bond donors (Lipinski definition) is 2. The van der Waals surface area contributed by atoms with Crippen molar-refractivity contribution in [3.8, 4) is 11.8 Å². The van der Waals surface area contributed by atoms with E-state index in [0.29, 0.717) is 6.42 Å². The van der Waals surface area contributed by atoms with Crippen molar-refractivity contribution in [3.63, 3.8) is 0 Å². The van der Waals surface area contributed by atoms with Crippen molar-refractivity contribution in [3.05, 3.63) is 29.8 Å². The molecule has 1 unspecified atom stereocenters. The fourth-order valence-electron chi connectivity index (χ4n) is 1.08. The van der Waals surface area contributed by atoms with Gasteiger partial charge in [0.25, 0.3) is 0 Å². The van der Waals surface area contributed by atoms with Crippen LogP contribution in [-0.2, 0) is 6.42 Å². The highest BCUT2D eigenvalue weighted by atomic mass is 16.3. The van der Waals surface area contributed by atoms with E-state index in [1.54, 1.807) is 31.2 Å². The van der Waals surface area contributed by atoms with Gasteiger partial charge in [-0.05, 0) is 24.6 Å². The fraction of sp³-hybridized carbons (Fsp3) is 0.300. The van der Waals surface area contributed by atoms with Crippen LogP contribution in [0.1, 0.15) is 12.5 Å². The molecular formula is C10H12N2O. The van der Waals surface area contributed by atoms with Crippen LogP contribution in [0.5, 0.6) is 5.75 Å². The number of benzene rings is 1. The van der Waals surface area contributed by atoms with Crippen LogP contribution in [0.25, 0.3) is 0 Å². The number of hydrogen-bond acceptors (Lipinski definition) is 3. The molecule has 0 aliphatic heterocycles. The summed E-state index contributed by atoms with van der Waals surface area (Å²) in [7, 11) is 0. The first-order valence-corrected chi connectivity index (χ1v) is 4.01. The van der Waals surface area contributed by atoms with Crippen molar-refractivity contribution in [2.24, 2.45) is 5.73 Å². The molecule has 0 fully saturated rings. The van der Waals surface area contributed by atoms with Crippen LogP contribution in [0, 0.1) is 11.3 Å². The van der Waals surface area contributed by atoms with Gasteiger partial charge >= 0.3 is 0 Å². The number of phenols is 1. The highest BCUT2D eigenvalue weighted by Gasteiger charge is 2.17. The number of rotatable bonds is 2. The molecule has 0 saturated heterocycles. The van der Waals surface area contributed by atoms with E-state index in [9.17, 15) is 0 Å². The van der Waals surface area contributed by atoms with E-state index in [1.807, 2.05) is 6.07 Å². The molecule has 0 aliphatic carbocycles. The number of nitrogens with two attached hydrogens (primary N) is 1. The molecule has 3 heteroatoms. The lowest BCUT2D eigenvalue weighted by Gasteiger charge is -2.14. The van der Waals surface area contributed by atoms with E-state index in [-0.39, 0.29) is 5.75 Å². The first-order chi connectivity index (χ1) is 6.03. The third-order valence-electron chi connectivity index (χ3n) is 1.76. The maximum atomic E-state index is 9.02. The van der Waals surface area contributed by atoms with E-state index in [2.05, 4.69) is 0 Å². The molecule has 3 nitrogen and oxygen atoms in total. The lowest BCUT2D eigenvalue weighted by molar-refractivity contribution is 0.474. The Kier molecular flexibility index (Phi) is 2.54. The molecule has 0 spiro atoms. The maximum absolute atomic E-state index is 9.02. The molecule has 1 atom stereocenters. The van der Waals surface area contributed by atoms with Crippen molar-refractivity contribution < 1.29 is 5.11 Å². The summed E-state index contributed by atoms with van der Waals surface area (Å²) in [5.41, 5.74) is 5.77. The van der Waals surface area contributed by atoms with Crippen molar-refractivity contribution in [2.75, 3.05) is 0 Å². The first kappa shape index (κ1) is 9.56. The largest absolute Gasteiger partial charge is 0.508 e. The van der Waals surface area contributed by atoms with Crippen molar-refractivity contribution in [1.82, 2.24) is 0 Å². The molecule has 0 aromatic heterocycles. The van der Waals surface area contributed by atoms with Gasteiger partial charge in [-0.25, -0.2) is 0 Å². The standard InChI is InChI=1S/C10H12N2O/c1-10(12,7-11)6-8-2-4-9(13)5-3-8/h2-5,13H,6,12H2,1H3. The Balaban J connectivity index is 2.77. The first-order valence-electron chi connectivity index (χ1n) is 4.01. The lowest BCUT2D eigenvalue weighted by Crippen LogP contribution is -2.36. The molecule has 0 bridgehead atoms. The summed E-state index contributed by atoms with van der Waals surface area (Å²) >= 11 is 0. The van der Waals surface area contributed by atoms with Gasteiger partial charge in [0.1, 0.15) is 11.3 Å². The molecule has 3 N–H and O–H groups in total. The average molecular weight is 176 g/mol. The molecule has 0 saturated carbocycles. The zero-order valence-corrected chi connectivity index (χ0v) is 7.49. The van der Waals surface area contributed by atoms with Gasteiger partial charge in [-0.2, -0.15) is 5.26 Å². The Morgan fingerprint density at radius 3 is 2.46 bits per heavy atom. The van der Waals surface area contributed by atoms with Crippen LogP contribution in [0.15, 0.2) is 24.3 Å². The minimum Gasteiger partial charge on any atom is -0.508 e. The topological polar surface area (TPSA) is 70.0 Å². The maximum Gasteiger partial charge on any atom is 0.115 e. The molecule has 68 valence electrons. The summed E-state index contributed by atoms with van der Waals surface area (Å²) < 4.78 is 0. The van der Waals surface area contributed by atoms with Gasteiger partial charge in [0.05, 0.1) is 6.07 Å². The Labute approximate surface area is 77.4 Å². The van der Waals surface area contributed by atoms with Gasteiger partial charge in [-0.1, -0.05) is 12.1 Å². The second-order valence-electron chi connectivity index (χ2n) is 3.37. The van der Waals surface area contributed by atoms with Gasteiger partial charge in [-0.15, -0.1) is 0 Å². The molecule has 1 aromatic carbocycles. The summed E-state index contributed by atoms with van der Waals surface area (Å²) in [6, 6.07) is 8.72. The predicted molar refractivity (Wildman–Crippen MR) is 50.0 cm³/mol. The zero-order valence-electron chi connectivity index (χ0n) is 7.49. The smallest absolute Gasteiger partial charge is 0.115 e. The summed E-state index contributed by atoms with van der Waals surface area (Å²) in [6.45, 7) is 1.68. The normalized spacial score (nSPS) is 14.5. The van der Waals surface area contributed by atoms with Gasteiger partial charge in [0.2, 0.25) is 0 Å². The van der Waals surface area contributed by atoms with Crippen LogP contribution in [0.4, 0.5) is 0 Å². The highest BCUT2D eigenvalue weighted by molar-refractivity contribution is 5.28. The van der Waals surface area contributed by atoms with Gasteiger partial charge < -0.3 is 10.8 Å². The van der Waals surface area contributed by atoms with E-state index >= 15 is 0 Å². The summed E-state index contributed by atoms with van der Waals surface area (Å²) in [5, 5.41) is 17.7. The van der Waals surface area contributed by atoms with Crippen LogP contribution >= 0.6 is 0 Å². The van der Waals surface area contributed by atoms with Crippen LogP contribution in [0.3, 0.4) is 0 Å². The second kappa shape index (κ2) is 3.46. The monoisotopic (exact) mass is 176 g/mol. The number of nitrogens with zero attached hydrogens (tertiary/aromatic N) is 1. The van der Waals surface area contributed by atoms with Crippen LogP contribution in [0.2, 0.25) is 0 Å². The van der Waals surface area contributed by atoms with E-state index in [0.717, 1.165) is 5.56 Å². The zero-order chi connectivity index (χ0) is 9.90. The summed E-state index contributed by atoms with van der Waals surface area (Å²) in [5.74, 6) is 0.222. The van der Waals surface area contributed by atoms with E-state index < -0.39 is 5.54 Å². The molecule has 13 heavy (non-hydrogen) atoms. The Bertz CT molecular complexity index is 322. The SMILES string of the molecule is CC(N)(C#N)Cc1ccc(O)cc1. The molecule has 0 heterocycles. The van der Waals surface area contributed by atoms with Crippen LogP contribution < -0.4 is 5.73 Å². The predicted octanol–water partition coefficient (Wildman–Crippen LogP) is 1.18. The fourth-order valence-corrected chi connectivity index (χ4v) is 1.08. The summed E-state index contributed by atoms with van der Waals surface area (Å²) in [4.78, 5) is 0. The van der Waals surface area contributed by atoms with E-state index in [1.165, 1.54) is 0 Å².